The van der Waals surface area contributed by atoms with Crippen molar-refractivity contribution >= 4 is 23.5 Å². The van der Waals surface area contributed by atoms with Gasteiger partial charge in [0.2, 0.25) is 0 Å². The minimum absolute atomic E-state index is 0.0579. The van der Waals surface area contributed by atoms with Gasteiger partial charge >= 0.3 is 5.97 Å². The van der Waals surface area contributed by atoms with Crippen molar-refractivity contribution in [2.75, 3.05) is 32.9 Å². The van der Waals surface area contributed by atoms with Crippen LogP contribution in [-0.4, -0.2) is 54.8 Å². The van der Waals surface area contributed by atoms with Crippen LogP contribution in [0.15, 0.2) is 22.7 Å². The first-order valence-corrected chi connectivity index (χ1v) is 8.30. The molecular weight excluding hydrogens is 367 g/mol. The number of amides is 1. The van der Waals surface area contributed by atoms with E-state index in [1.807, 2.05) is 0 Å². The van der Waals surface area contributed by atoms with E-state index in [-0.39, 0.29) is 33.5 Å². The van der Waals surface area contributed by atoms with Crippen molar-refractivity contribution in [2.24, 2.45) is 0 Å². The number of rotatable bonds is 4. The summed E-state index contributed by atoms with van der Waals surface area (Å²) in [5, 5.41) is 3.81. The maximum absolute atomic E-state index is 14.2. The highest BCUT2D eigenvalue weighted by Crippen LogP contribution is 2.33. The highest BCUT2D eigenvalue weighted by Gasteiger charge is 2.27. The third-order valence-corrected chi connectivity index (χ3v) is 4.27. The molecule has 1 aliphatic rings. The SMILES string of the molecule is Cc1onc(-c2c(F)cccc2Cl)c1C(=O)OCC(=O)N1CCOCC1. The third-order valence-electron chi connectivity index (χ3n) is 3.96. The lowest BCUT2D eigenvalue weighted by molar-refractivity contribution is -0.138. The van der Waals surface area contributed by atoms with E-state index in [0.29, 0.717) is 26.3 Å². The topological polar surface area (TPSA) is 81.9 Å². The average molecular weight is 383 g/mol. The van der Waals surface area contributed by atoms with Gasteiger partial charge < -0.3 is 18.9 Å². The van der Waals surface area contributed by atoms with Gasteiger partial charge in [0.1, 0.15) is 22.8 Å². The molecule has 2 aromatic rings. The molecule has 0 spiro atoms. The predicted octanol–water partition coefficient (Wildman–Crippen LogP) is 2.46. The molecule has 1 saturated heterocycles. The summed E-state index contributed by atoms with van der Waals surface area (Å²) in [6.07, 6.45) is 0. The number of morpholine rings is 1. The molecule has 1 fully saturated rings. The van der Waals surface area contributed by atoms with Gasteiger partial charge in [0.25, 0.3) is 5.91 Å². The van der Waals surface area contributed by atoms with Crippen LogP contribution in [0.3, 0.4) is 0 Å². The van der Waals surface area contributed by atoms with E-state index >= 15 is 0 Å². The van der Waals surface area contributed by atoms with Crippen LogP contribution in [0.2, 0.25) is 5.02 Å². The van der Waals surface area contributed by atoms with E-state index in [2.05, 4.69) is 5.16 Å². The van der Waals surface area contributed by atoms with Crippen LogP contribution in [0, 0.1) is 12.7 Å². The van der Waals surface area contributed by atoms with Crippen LogP contribution in [0.4, 0.5) is 4.39 Å². The molecule has 0 atom stereocenters. The summed E-state index contributed by atoms with van der Waals surface area (Å²) in [7, 11) is 0. The summed E-state index contributed by atoms with van der Waals surface area (Å²) in [6, 6.07) is 4.11. The highest BCUT2D eigenvalue weighted by molar-refractivity contribution is 6.33. The summed E-state index contributed by atoms with van der Waals surface area (Å²) < 4.78 is 29.4. The summed E-state index contributed by atoms with van der Waals surface area (Å²) in [4.78, 5) is 26.1. The zero-order valence-electron chi connectivity index (χ0n) is 14.0. The lowest BCUT2D eigenvalue weighted by Gasteiger charge is -2.26. The Morgan fingerprint density at radius 1 is 1.35 bits per heavy atom. The fraction of sp³-hybridized carbons (Fsp3) is 0.353. The summed E-state index contributed by atoms with van der Waals surface area (Å²) in [5.74, 6) is -1.67. The van der Waals surface area contributed by atoms with Gasteiger partial charge in [-0.1, -0.05) is 22.8 Å². The number of aryl methyl sites for hydroxylation is 1. The third kappa shape index (κ3) is 3.71. The molecule has 0 bridgehead atoms. The molecule has 0 N–H and O–H groups in total. The smallest absolute Gasteiger partial charge is 0.344 e. The predicted molar refractivity (Wildman–Crippen MR) is 89.3 cm³/mol. The first-order valence-electron chi connectivity index (χ1n) is 7.92. The number of carbonyl (C=O) groups excluding carboxylic acids is 2. The van der Waals surface area contributed by atoms with Gasteiger partial charge in [-0.25, -0.2) is 9.18 Å². The molecule has 2 heterocycles. The Balaban J connectivity index is 1.78. The zero-order chi connectivity index (χ0) is 18.7. The lowest BCUT2D eigenvalue weighted by atomic mass is 10.1. The molecule has 3 rings (SSSR count). The number of aromatic nitrogens is 1. The minimum Gasteiger partial charge on any atom is -0.452 e. The Bertz CT molecular complexity index is 812. The second-order valence-corrected chi connectivity index (χ2v) is 6.04. The first-order chi connectivity index (χ1) is 12.5. The van der Waals surface area contributed by atoms with E-state index in [1.165, 1.54) is 25.1 Å². The molecule has 0 aliphatic carbocycles. The lowest BCUT2D eigenvalue weighted by Crippen LogP contribution is -2.42. The van der Waals surface area contributed by atoms with Crippen molar-refractivity contribution in [1.82, 2.24) is 10.1 Å². The van der Waals surface area contributed by atoms with Crippen molar-refractivity contribution in [2.45, 2.75) is 6.92 Å². The van der Waals surface area contributed by atoms with Crippen LogP contribution in [0.25, 0.3) is 11.3 Å². The second kappa shape index (κ2) is 7.84. The van der Waals surface area contributed by atoms with Crippen LogP contribution in [-0.2, 0) is 14.3 Å². The Morgan fingerprint density at radius 3 is 2.77 bits per heavy atom. The minimum atomic E-state index is -0.834. The monoisotopic (exact) mass is 382 g/mol. The summed E-state index contributed by atoms with van der Waals surface area (Å²) in [5.41, 5.74) is -0.182. The normalized spacial score (nSPS) is 14.3. The number of esters is 1. The van der Waals surface area contributed by atoms with Gasteiger partial charge in [-0.2, -0.15) is 0 Å². The van der Waals surface area contributed by atoms with Crippen molar-refractivity contribution in [3.63, 3.8) is 0 Å². The van der Waals surface area contributed by atoms with Gasteiger partial charge in [0.15, 0.2) is 6.61 Å². The highest BCUT2D eigenvalue weighted by atomic mass is 35.5. The van der Waals surface area contributed by atoms with Crippen molar-refractivity contribution < 1.29 is 28.0 Å². The molecule has 1 aromatic carbocycles. The average Bonchev–Trinajstić information content (AvgIpc) is 3.01. The molecule has 9 heteroatoms. The van der Waals surface area contributed by atoms with Gasteiger partial charge in [0.05, 0.1) is 23.8 Å². The van der Waals surface area contributed by atoms with E-state index in [1.54, 1.807) is 4.90 Å². The Morgan fingerprint density at radius 2 is 2.08 bits per heavy atom. The van der Waals surface area contributed by atoms with Gasteiger partial charge in [-0.3, -0.25) is 4.79 Å². The van der Waals surface area contributed by atoms with E-state index in [4.69, 9.17) is 25.6 Å². The van der Waals surface area contributed by atoms with Crippen LogP contribution >= 0.6 is 11.6 Å². The van der Waals surface area contributed by atoms with E-state index in [0.717, 1.165) is 0 Å². The number of nitrogens with zero attached hydrogens (tertiary/aromatic N) is 2. The molecule has 0 unspecified atom stereocenters. The van der Waals surface area contributed by atoms with Crippen molar-refractivity contribution in [1.29, 1.82) is 0 Å². The van der Waals surface area contributed by atoms with Crippen LogP contribution < -0.4 is 0 Å². The summed E-state index contributed by atoms with van der Waals surface area (Å²) in [6.45, 7) is 2.83. The van der Waals surface area contributed by atoms with Gasteiger partial charge in [-0.05, 0) is 19.1 Å². The molecule has 0 radical (unpaired) electrons. The van der Waals surface area contributed by atoms with E-state index < -0.39 is 18.4 Å². The standard InChI is InChI=1S/C17H16ClFN2O5/c1-10-14(16(20-26-10)15-11(18)3-2-4-12(15)19)17(23)25-9-13(22)21-5-7-24-8-6-21/h2-4H,5-9H2,1H3. The molecule has 0 saturated carbocycles. The molecule has 26 heavy (non-hydrogen) atoms. The first kappa shape index (κ1) is 18.3. The van der Waals surface area contributed by atoms with Crippen LogP contribution in [0.5, 0.6) is 0 Å². The van der Waals surface area contributed by atoms with Crippen molar-refractivity contribution in [3.05, 3.63) is 40.4 Å². The Hall–Kier alpha value is -2.45. The molecule has 7 nitrogen and oxygen atoms in total. The van der Waals surface area contributed by atoms with Crippen molar-refractivity contribution in [3.8, 4) is 11.3 Å². The zero-order valence-corrected chi connectivity index (χ0v) is 14.7. The second-order valence-electron chi connectivity index (χ2n) is 5.63. The number of halogens is 2. The number of hydrogen-bond donors (Lipinski definition) is 0. The largest absolute Gasteiger partial charge is 0.452 e. The maximum Gasteiger partial charge on any atom is 0.344 e. The van der Waals surface area contributed by atoms with E-state index in [9.17, 15) is 14.0 Å². The Labute approximate surface area is 153 Å². The Kier molecular flexibility index (Phi) is 5.53. The quantitative estimate of drug-likeness (QED) is 0.755. The van der Waals surface area contributed by atoms with Crippen LogP contribution in [0.1, 0.15) is 16.1 Å². The number of benzene rings is 1. The molecule has 1 aliphatic heterocycles. The number of hydrogen-bond acceptors (Lipinski definition) is 6. The number of carbonyl (C=O) groups is 2. The number of ether oxygens (including phenoxy) is 2. The van der Waals surface area contributed by atoms with Gasteiger partial charge in [-0.15, -0.1) is 0 Å². The maximum atomic E-state index is 14.2. The summed E-state index contributed by atoms with van der Waals surface area (Å²) >= 11 is 6.03. The molecule has 138 valence electrons. The fourth-order valence-corrected chi connectivity index (χ4v) is 2.86. The molecular formula is C17H16ClFN2O5. The van der Waals surface area contributed by atoms with Gasteiger partial charge in [0, 0.05) is 13.1 Å². The molecule has 1 amide bonds. The fourth-order valence-electron chi connectivity index (χ4n) is 2.61. The molecule has 1 aromatic heterocycles.